The van der Waals surface area contributed by atoms with Gasteiger partial charge in [-0.3, -0.25) is 0 Å². The van der Waals surface area contributed by atoms with Crippen LogP contribution in [0.2, 0.25) is 0 Å². The minimum atomic E-state index is -0.179. The van der Waals surface area contributed by atoms with Crippen molar-refractivity contribution in [2.24, 2.45) is 0 Å². The van der Waals surface area contributed by atoms with Gasteiger partial charge in [0.15, 0.2) is 0 Å². The fourth-order valence-electron chi connectivity index (χ4n) is 9.41. The van der Waals surface area contributed by atoms with Crippen molar-refractivity contribution < 1.29 is 0 Å². The summed E-state index contributed by atoms with van der Waals surface area (Å²) < 4.78 is 0. The average molecular weight is 729 g/mol. The second kappa shape index (κ2) is 13.0. The van der Waals surface area contributed by atoms with Crippen molar-refractivity contribution in [3.8, 4) is 11.1 Å². The first-order valence-electron chi connectivity index (χ1n) is 19.9. The van der Waals surface area contributed by atoms with Crippen molar-refractivity contribution in [2.45, 2.75) is 19.3 Å². The highest BCUT2D eigenvalue weighted by molar-refractivity contribution is 6.24. The predicted octanol–water partition coefficient (Wildman–Crippen LogP) is 15.5. The topological polar surface area (TPSA) is 6.48 Å². The van der Waals surface area contributed by atoms with Crippen LogP contribution in [-0.4, -0.2) is 0 Å². The highest BCUT2D eigenvalue weighted by Gasteiger charge is 2.37. The number of fused-ring (bicyclic) bond motifs is 7. The number of anilines is 6. The van der Waals surface area contributed by atoms with Gasteiger partial charge in [-0.1, -0.05) is 159 Å². The Hall–Kier alpha value is -7.16. The molecule has 0 saturated heterocycles. The Labute approximate surface area is 333 Å². The summed E-state index contributed by atoms with van der Waals surface area (Å²) >= 11 is 0. The number of hydrogen-bond acceptors (Lipinski definition) is 2. The number of rotatable bonds is 6. The summed E-state index contributed by atoms with van der Waals surface area (Å²) in [6.45, 7) is 4.77. The Bertz CT molecular complexity index is 3160. The maximum Gasteiger partial charge on any atom is 0.0620 e. The van der Waals surface area contributed by atoms with Crippen LogP contribution in [0.4, 0.5) is 34.1 Å². The Balaban J connectivity index is 1.32. The molecule has 0 N–H and O–H groups in total. The van der Waals surface area contributed by atoms with E-state index in [0.717, 1.165) is 22.7 Å². The van der Waals surface area contributed by atoms with Crippen LogP contribution < -0.4 is 9.80 Å². The van der Waals surface area contributed by atoms with Gasteiger partial charge in [0, 0.05) is 49.7 Å². The Morgan fingerprint density at radius 3 is 1.28 bits per heavy atom. The van der Waals surface area contributed by atoms with Crippen LogP contribution in [0.25, 0.3) is 54.2 Å². The van der Waals surface area contributed by atoms with E-state index < -0.39 is 0 Å². The van der Waals surface area contributed by atoms with Crippen molar-refractivity contribution in [3.63, 3.8) is 0 Å². The predicted molar refractivity (Wildman–Crippen MR) is 243 cm³/mol. The van der Waals surface area contributed by atoms with E-state index in [1.807, 2.05) is 0 Å². The largest absolute Gasteiger partial charge is 0.309 e. The number of nitrogens with zero attached hydrogens (tertiary/aromatic N) is 2. The zero-order valence-corrected chi connectivity index (χ0v) is 32.0. The molecule has 0 unspecified atom stereocenters. The van der Waals surface area contributed by atoms with Crippen LogP contribution in [-0.2, 0) is 5.41 Å². The summed E-state index contributed by atoms with van der Waals surface area (Å²) in [6.07, 6.45) is 0. The molecule has 11 rings (SSSR count). The molecule has 0 heterocycles. The van der Waals surface area contributed by atoms with Crippen molar-refractivity contribution in [1.29, 1.82) is 0 Å². The molecule has 1 aliphatic rings. The number of benzene rings is 10. The van der Waals surface area contributed by atoms with Gasteiger partial charge in [0.25, 0.3) is 0 Å². The maximum atomic E-state index is 2.52. The summed E-state index contributed by atoms with van der Waals surface area (Å²) in [5.41, 5.74) is 12.0. The van der Waals surface area contributed by atoms with Gasteiger partial charge >= 0.3 is 0 Å². The van der Waals surface area contributed by atoms with Crippen molar-refractivity contribution in [2.75, 3.05) is 9.80 Å². The normalized spacial score (nSPS) is 12.9. The van der Waals surface area contributed by atoms with Crippen LogP contribution in [0, 0.1) is 0 Å². The van der Waals surface area contributed by atoms with E-state index in [-0.39, 0.29) is 5.41 Å². The number of hydrogen-bond donors (Lipinski definition) is 0. The Morgan fingerprint density at radius 2 is 0.737 bits per heavy atom. The molecule has 1 aliphatic carbocycles. The van der Waals surface area contributed by atoms with Crippen molar-refractivity contribution in [3.05, 3.63) is 217 Å². The number of para-hydroxylation sites is 2. The van der Waals surface area contributed by atoms with E-state index in [1.165, 1.54) is 76.7 Å². The molecule has 0 amide bonds. The van der Waals surface area contributed by atoms with Gasteiger partial charge in [0.05, 0.1) is 11.4 Å². The molecule has 0 bridgehead atoms. The van der Waals surface area contributed by atoms with Crippen LogP contribution in [0.3, 0.4) is 0 Å². The minimum absolute atomic E-state index is 0.179. The smallest absolute Gasteiger partial charge is 0.0620 e. The molecular weight excluding hydrogens is 689 g/mol. The van der Waals surface area contributed by atoms with E-state index in [1.54, 1.807) is 0 Å². The van der Waals surface area contributed by atoms with E-state index in [2.05, 4.69) is 230 Å². The van der Waals surface area contributed by atoms with Gasteiger partial charge in [0.1, 0.15) is 0 Å². The van der Waals surface area contributed by atoms with E-state index in [0.29, 0.717) is 0 Å². The maximum absolute atomic E-state index is 2.52. The van der Waals surface area contributed by atoms with Crippen LogP contribution in [0.15, 0.2) is 206 Å². The van der Waals surface area contributed by atoms with Gasteiger partial charge in [-0.15, -0.1) is 0 Å². The van der Waals surface area contributed by atoms with Gasteiger partial charge in [0.2, 0.25) is 0 Å². The molecule has 0 saturated carbocycles. The molecular formula is C55H40N2. The molecule has 0 fully saturated rings. The van der Waals surface area contributed by atoms with Crippen molar-refractivity contribution >= 4 is 77.2 Å². The molecule has 0 radical (unpaired) electrons. The highest BCUT2D eigenvalue weighted by Crippen LogP contribution is 2.56. The first kappa shape index (κ1) is 33.2. The highest BCUT2D eigenvalue weighted by atomic mass is 15.2. The molecule has 0 atom stereocenters. The summed E-state index contributed by atoms with van der Waals surface area (Å²) in [5, 5.41) is 9.66. The molecule has 57 heavy (non-hydrogen) atoms. The van der Waals surface area contributed by atoms with E-state index in [9.17, 15) is 0 Å². The van der Waals surface area contributed by atoms with Gasteiger partial charge in [-0.05, 0) is 104 Å². The SMILES string of the molecule is CC1(C)c2ccccc2-c2cc3c(N(c4ccccc4)c4ccc5ccccc5c4)c4ccccc4c(N(c4ccccc4)c4ccc5ccccc5c4)c3cc21. The van der Waals surface area contributed by atoms with Gasteiger partial charge in [-0.2, -0.15) is 0 Å². The standard InChI is InChI=1S/C55H40N2/c1-55(2)51-28-16-15-25-45(51)48-35-49-50(36-52(48)55)54(57(42-23-7-4-8-24-42)44-32-30-38-18-10-12-20-40(38)34-44)47-27-14-13-26-46(47)53(49)56(41-21-5-3-6-22-41)43-31-29-37-17-9-11-19-39(37)33-43/h3-36H,1-2H3. The second-order valence-corrected chi connectivity index (χ2v) is 15.8. The van der Waals surface area contributed by atoms with Crippen LogP contribution >= 0.6 is 0 Å². The second-order valence-electron chi connectivity index (χ2n) is 15.8. The fourth-order valence-corrected chi connectivity index (χ4v) is 9.41. The first-order chi connectivity index (χ1) is 28.0. The lowest BCUT2D eigenvalue weighted by Crippen LogP contribution is -2.17. The zero-order valence-electron chi connectivity index (χ0n) is 32.0. The molecule has 2 nitrogen and oxygen atoms in total. The molecule has 0 aliphatic heterocycles. The lowest BCUT2D eigenvalue weighted by atomic mass is 9.81. The summed E-state index contributed by atoms with van der Waals surface area (Å²) in [4.78, 5) is 4.98. The molecule has 0 aromatic heterocycles. The zero-order chi connectivity index (χ0) is 38.1. The van der Waals surface area contributed by atoms with Crippen LogP contribution in [0.1, 0.15) is 25.0 Å². The summed E-state index contributed by atoms with van der Waals surface area (Å²) in [7, 11) is 0. The van der Waals surface area contributed by atoms with Crippen molar-refractivity contribution in [1.82, 2.24) is 0 Å². The first-order valence-corrected chi connectivity index (χ1v) is 19.9. The third kappa shape index (κ3) is 5.25. The third-order valence-corrected chi connectivity index (χ3v) is 12.1. The quantitative estimate of drug-likeness (QED) is 0.124. The van der Waals surface area contributed by atoms with E-state index in [4.69, 9.17) is 0 Å². The van der Waals surface area contributed by atoms with E-state index >= 15 is 0 Å². The molecule has 0 spiro atoms. The minimum Gasteiger partial charge on any atom is -0.309 e. The summed E-state index contributed by atoms with van der Waals surface area (Å²) in [6, 6.07) is 75.9. The fraction of sp³-hybridized carbons (Fsp3) is 0.0545. The average Bonchev–Trinajstić information content (AvgIpc) is 3.49. The third-order valence-electron chi connectivity index (χ3n) is 12.1. The Morgan fingerprint density at radius 1 is 0.298 bits per heavy atom. The van der Waals surface area contributed by atoms with Gasteiger partial charge in [-0.25, -0.2) is 0 Å². The molecule has 10 aromatic carbocycles. The molecule has 2 heteroatoms. The van der Waals surface area contributed by atoms with Gasteiger partial charge < -0.3 is 9.80 Å². The molecule has 270 valence electrons. The summed E-state index contributed by atoms with van der Waals surface area (Å²) in [5.74, 6) is 0. The Kier molecular flexibility index (Phi) is 7.55. The lowest BCUT2D eigenvalue weighted by molar-refractivity contribution is 0.661. The molecule has 10 aromatic rings. The van der Waals surface area contributed by atoms with Crippen LogP contribution in [0.5, 0.6) is 0 Å². The monoisotopic (exact) mass is 728 g/mol. The lowest BCUT2D eigenvalue weighted by Gasteiger charge is -2.33.